The summed E-state index contributed by atoms with van der Waals surface area (Å²) in [6.07, 6.45) is 7.40. The standard InChI is InChI=1S/C25H34FNOS.C2H6/c1-5-7-13-25(14-8-6-2)17-27(21-11-9-20(26)10-12-21)22-15-19(3)23(28-4)16-24(22)29-18-25;1-2/h9-12,15-16H,5-8,13-14,17-18H2,1-4H3;1-2H3. The third-order valence-corrected chi connectivity index (χ3v) is 7.45. The molecule has 0 amide bonds. The van der Waals surface area contributed by atoms with Crippen molar-refractivity contribution in [1.82, 2.24) is 0 Å². The molecule has 2 aromatic rings. The number of nitrogens with zero attached hydrogens (tertiary/aromatic N) is 1. The van der Waals surface area contributed by atoms with E-state index < -0.39 is 0 Å². The van der Waals surface area contributed by atoms with E-state index in [-0.39, 0.29) is 11.2 Å². The SMILES string of the molecule is CC.CCCCC1(CCCC)CSc2cc(OC)c(C)cc2N(c2ccc(F)cc2)C1. The zero-order valence-electron chi connectivity index (χ0n) is 20.3. The van der Waals surface area contributed by atoms with Gasteiger partial charge < -0.3 is 9.64 Å². The Morgan fingerprint density at radius 1 is 1.03 bits per heavy atom. The fourth-order valence-corrected chi connectivity index (χ4v) is 5.63. The first-order valence-electron chi connectivity index (χ1n) is 11.9. The van der Waals surface area contributed by atoms with Crippen molar-refractivity contribution in [2.45, 2.75) is 78.0 Å². The topological polar surface area (TPSA) is 12.5 Å². The number of unbranched alkanes of at least 4 members (excludes halogenated alkanes) is 2. The average Bonchev–Trinajstić information content (AvgIpc) is 2.95. The summed E-state index contributed by atoms with van der Waals surface area (Å²) < 4.78 is 19.2. The van der Waals surface area contributed by atoms with Crippen LogP contribution in [-0.4, -0.2) is 19.4 Å². The summed E-state index contributed by atoms with van der Waals surface area (Å²) in [5.41, 5.74) is 3.67. The van der Waals surface area contributed by atoms with Crippen LogP contribution in [0.1, 0.15) is 71.8 Å². The first-order chi connectivity index (χ1) is 15.0. The summed E-state index contributed by atoms with van der Waals surface area (Å²) >= 11 is 1.96. The highest BCUT2D eigenvalue weighted by atomic mass is 32.2. The van der Waals surface area contributed by atoms with Gasteiger partial charge >= 0.3 is 0 Å². The lowest BCUT2D eigenvalue weighted by Crippen LogP contribution is -2.36. The molecule has 1 aliphatic heterocycles. The number of fused-ring (bicyclic) bond motifs is 1. The molecule has 0 bridgehead atoms. The number of halogens is 1. The normalized spacial score (nSPS) is 14.9. The Labute approximate surface area is 193 Å². The number of aryl methyl sites for hydroxylation is 1. The Hall–Kier alpha value is -1.68. The van der Waals surface area contributed by atoms with Crippen molar-refractivity contribution in [3.05, 3.63) is 47.8 Å². The lowest BCUT2D eigenvalue weighted by atomic mass is 9.79. The lowest BCUT2D eigenvalue weighted by Gasteiger charge is -2.37. The molecule has 0 unspecified atom stereocenters. The number of hydrogen-bond donors (Lipinski definition) is 0. The molecule has 2 nitrogen and oxygen atoms in total. The van der Waals surface area contributed by atoms with Crippen molar-refractivity contribution in [2.75, 3.05) is 24.3 Å². The van der Waals surface area contributed by atoms with Gasteiger partial charge in [-0.05, 0) is 67.1 Å². The molecule has 0 N–H and O–H groups in total. The zero-order valence-corrected chi connectivity index (χ0v) is 21.1. The van der Waals surface area contributed by atoms with Gasteiger partial charge in [0, 0.05) is 22.9 Å². The van der Waals surface area contributed by atoms with E-state index in [2.05, 4.69) is 37.8 Å². The van der Waals surface area contributed by atoms with Gasteiger partial charge in [0.1, 0.15) is 11.6 Å². The van der Waals surface area contributed by atoms with Crippen molar-refractivity contribution in [3.63, 3.8) is 0 Å². The van der Waals surface area contributed by atoms with Gasteiger partial charge in [-0.1, -0.05) is 53.4 Å². The van der Waals surface area contributed by atoms with Crippen LogP contribution in [0.2, 0.25) is 0 Å². The van der Waals surface area contributed by atoms with E-state index in [1.165, 1.54) is 49.1 Å². The molecule has 0 saturated heterocycles. The Bertz CT molecular complexity index is 798. The van der Waals surface area contributed by atoms with Gasteiger partial charge in [-0.2, -0.15) is 0 Å². The zero-order chi connectivity index (χ0) is 22.9. The summed E-state index contributed by atoms with van der Waals surface area (Å²) in [5, 5.41) is 0. The summed E-state index contributed by atoms with van der Waals surface area (Å²) in [6.45, 7) is 11.6. The molecular formula is C27H40FNOS. The number of anilines is 2. The average molecular weight is 446 g/mol. The van der Waals surface area contributed by atoms with Crippen LogP contribution in [-0.2, 0) is 0 Å². The van der Waals surface area contributed by atoms with Gasteiger partial charge in [-0.15, -0.1) is 11.8 Å². The largest absolute Gasteiger partial charge is 0.496 e. The van der Waals surface area contributed by atoms with Gasteiger partial charge in [0.2, 0.25) is 0 Å². The summed E-state index contributed by atoms with van der Waals surface area (Å²) in [7, 11) is 1.74. The van der Waals surface area contributed by atoms with Crippen LogP contribution >= 0.6 is 11.8 Å². The van der Waals surface area contributed by atoms with Crippen molar-refractivity contribution in [3.8, 4) is 5.75 Å². The number of rotatable bonds is 8. The van der Waals surface area contributed by atoms with E-state index in [1.54, 1.807) is 19.2 Å². The molecule has 0 saturated carbocycles. The van der Waals surface area contributed by atoms with Crippen LogP contribution in [0.5, 0.6) is 5.75 Å². The monoisotopic (exact) mass is 445 g/mol. The molecule has 1 heterocycles. The Balaban J connectivity index is 0.00000166. The maximum Gasteiger partial charge on any atom is 0.123 e. The number of hydrogen-bond acceptors (Lipinski definition) is 3. The van der Waals surface area contributed by atoms with Crippen molar-refractivity contribution < 1.29 is 9.13 Å². The maximum absolute atomic E-state index is 13.6. The van der Waals surface area contributed by atoms with E-state index in [9.17, 15) is 4.39 Å². The van der Waals surface area contributed by atoms with Crippen LogP contribution in [0.15, 0.2) is 41.3 Å². The Kier molecular flexibility index (Phi) is 10.2. The van der Waals surface area contributed by atoms with Gasteiger partial charge in [-0.25, -0.2) is 4.39 Å². The van der Waals surface area contributed by atoms with Gasteiger partial charge in [0.15, 0.2) is 0 Å². The molecule has 2 aromatic carbocycles. The first-order valence-corrected chi connectivity index (χ1v) is 12.8. The number of benzene rings is 2. The molecule has 3 rings (SSSR count). The minimum Gasteiger partial charge on any atom is -0.496 e. The highest BCUT2D eigenvalue weighted by Crippen LogP contribution is 2.48. The molecule has 0 aliphatic carbocycles. The molecule has 0 aromatic heterocycles. The molecule has 31 heavy (non-hydrogen) atoms. The first kappa shape index (κ1) is 25.6. The summed E-state index contributed by atoms with van der Waals surface area (Å²) in [6, 6.07) is 11.4. The number of ether oxygens (including phenoxy) is 1. The fourth-order valence-electron chi connectivity index (χ4n) is 4.28. The molecule has 1 aliphatic rings. The summed E-state index contributed by atoms with van der Waals surface area (Å²) in [4.78, 5) is 3.68. The maximum atomic E-state index is 13.6. The van der Waals surface area contributed by atoms with Gasteiger partial charge in [0.25, 0.3) is 0 Å². The minimum absolute atomic E-state index is 0.188. The second-order valence-electron chi connectivity index (χ2n) is 8.35. The van der Waals surface area contributed by atoms with Crippen LogP contribution in [0.25, 0.3) is 0 Å². The molecule has 0 spiro atoms. The van der Waals surface area contributed by atoms with Crippen LogP contribution in [0, 0.1) is 18.2 Å². The Morgan fingerprint density at radius 2 is 1.65 bits per heavy atom. The third-order valence-electron chi connectivity index (χ3n) is 6.05. The van der Waals surface area contributed by atoms with Crippen LogP contribution in [0.4, 0.5) is 15.8 Å². The number of methoxy groups -OCH3 is 1. The van der Waals surface area contributed by atoms with Crippen molar-refractivity contribution in [2.24, 2.45) is 5.41 Å². The predicted molar refractivity (Wildman–Crippen MR) is 135 cm³/mol. The highest BCUT2D eigenvalue weighted by molar-refractivity contribution is 7.99. The van der Waals surface area contributed by atoms with E-state index in [0.29, 0.717) is 0 Å². The van der Waals surface area contributed by atoms with E-state index in [0.717, 1.165) is 29.3 Å². The number of thioether (sulfide) groups is 1. The van der Waals surface area contributed by atoms with E-state index >= 15 is 0 Å². The molecular weight excluding hydrogens is 405 g/mol. The minimum atomic E-state index is -0.188. The summed E-state index contributed by atoms with van der Waals surface area (Å²) in [5.74, 6) is 1.86. The molecule has 0 fully saturated rings. The quantitative estimate of drug-likeness (QED) is 0.403. The Morgan fingerprint density at radius 3 is 2.19 bits per heavy atom. The van der Waals surface area contributed by atoms with Crippen molar-refractivity contribution in [1.29, 1.82) is 0 Å². The van der Waals surface area contributed by atoms with Gasteiger partial charge in [0.05, 0.1) is 12.8 Å². The molecule has 0 radical (unpaired) electrons. The third kappa shape index (κ3) is 6.41. The van der Waals surface area contributed by atoms with Crippen LogP contribution < -0.4 is 9.64 Å². The highest BCUT2D eigenvalue weighted by Gasteiger charge is 2.36. The van der Waals surface area contributed by atoms with Gasteiger partial charge in [-0.3, -0.25) is 0 Å². The molecule has 172 valence electrons. The van der Waals surface area contributed by atoms with E-state index in [4.69, 9.17) is 4.74 Å². The van der Waals surface area contributed by atoms with E-state index in [1.807, 2.05) is 37.7 Å². The molecule has 0 atom stereocenters. The molecule has 4 heteroatoms. The second kappa shape index (κ2) is 12.4. The predicted octanol–water partition coefficient (Wildman–Crippen LogP) is 8.78. The van der Waals surface area contributed by atoms with Crippen LogP contribution in [0.3, 0.4) is 0 Å². The second-order valence-corrected chi connectivity index (χ2v) is 9.37. The van der Waals surface area contributed by atoms with Crippen molar-refractivity contribution >= 4 is 23.1 Å². The smallest absolute Gasteiger partial charge is 0.123 e. The fraction of sp³-hybridized carbons (Fsp3) is 0.556. The lowest BCUT2D eigenvalue weighted by molar-refractivity contribution is 0.274.